The smallest absolute Gasteiger partial charge is 0.364 e. The van der Waals surface area contributed by atoms with Crippen molar-refractivity contribution in [2.24, 2.45) is 0 Å². The predicted octanol–water partition coefficient (Wildman–Crippen LogP) is 5.67. The van der Waals surface area contributed by atoms with E-state index in [1.807, 2.05) is 6.08 Å². The number of aliphatic carboxylic acids is 1. The zero-order valence-electron chi connectivity index (χ0n) is 54.0. The number of hydrogen-bond acceptors (Lipinski definition) is 20. The van der Waals surface area contributed by atoms with Gasteiger partial charge in [-0.3, -0.25) is 9.59 Å². The van der Waals surface area contributed by atoms with Crippen molar-refractivity contribution in [3.8, 4) is 0 Å². The molecule has 3 heterocycles. The van der Waals surface area contributed by atoms with E-state index >= 15 is 0 Å². The van der Waals surface area contributed by atoms with Gasteiger partial charge in [-0.2, -0.15) is 0 Å². The van der Waals surface area contributed by atoms with Crippen LogP contribution in [0.1, 0.15) is 239 Å². The van der Waals surface area contributed by atoms with Gasteiger partial charge in [-0.05, 0) is 44.9 Å². The van der Waals surface area contributed by atoms with Crippen molar-refractivity contribution in [2.75, 3.05) is 26.4 Å². The second-order valence-electron chi connectivity index (χ2n) is 25.0. The molecule has 23 nitrogen and oxygen atoms in total. The van der Waals surface area contributed by atoms with Gasteiger partial charge in [-0.15, -0.1) is 0 Å². The number of amides is 2. The summed E-state index contributed by atoms with van der Waals surface area (Å²) in [4.78, 5) is 38.5. The van der Waals surface area contributed by atoms with Gasteiger partial charge in [0.1, 0.15) is 67.1 Å². The van der Waals surface area contributed by atoms with Crippen LogP contribution in [-0.2, 0) is 42.8 Å². The van der Waals surface area contributed by atoms with Crippen molar-refractivity contribution in [1.82, 2.24) is 10.6 Å². The minimum atomic E-state index is -3.08. The van der Waals surface area contributed by atoms with E-state index in [4.69, 9.17) is 28.4 Å². The molecular weight excluding hydrogens is 1160 g/mol. The van der Waals surface area contributed by atoms with Crippen LogP contribution >= 0.6 is 0 Å². The summed E-state index contributed by atoms with van der Waals surface area (Å²) in [7, 11) is 0. The van der Waals surface area contributed by atoms with Crippen molar-refractivity contribution < 1.29 is 104 Å². The molecule has 3 aliphatic rings. The Bertz CT molecular complexity index is 1900. The molecule has 520 valence electrons. The van der Waals surface area contributed by atoms with Crippen molar-refractivity contribution in [2.45, 2.75) is 349 Å². The van der Waals surface area contributed by atoms with Crippen LogP contribution in [0.15, 0.2) is 24.3 Å². The molecule has 0 aromatic rings. The SMILES string of the molecule is CCCCCCCCCCC/C=C/C(O)C(COC1OC(CO)C(OC2OC(CO)C(O)C(OC3(C(=O)O)CC(O)C(NC(C)=O)C(C(O)C(O)CO)O3)C2O)C(O)C1O)NC(=O)CCCCCCCCCC/C=C\CCCCCCCCCCCCCC. The Labute approximate surface area is 530 Å². The number of hydrogen-bond donors (Lipinski definition) is 14. The highest BCUT2D eigenvalue weighted by Gasteiger charge is 2.60. The Morgan fingerprint density at radius 2 is 1.06 bits per heavy atom. The van der Waals surface area contributed by atoms with Crippen molar-refractivity contribution in [3.63, 3.8) is 0 Å². The number of carboxylic acids is 1. The second kappa shape index (κ2) is 47.1. The summed E-state index contributed by atoms with van der Waals surface area (Å²) in [6.07, 6.45) is 16.7. The predicted molar refractivity (Wildman–Crippen MR) is 334 cm³/mol. The summed E-state index contributed by atoms with van der Waals surface area (Å²) in [5.41, 5.74) is 0. The Morgan fingerprint density at radius 1 is 0.584 bits per heavy atom. The quantitative estimate of drug-likeness (QED) is 0.0257. The lowest BCUT2D eigenvalue weighted by Gasteiger charge is -2.50. The van der Waals surface area contributed by atoms with Crippen LogP contribution in [0.3, 0.4) is 0 Å². The minimum absolute atomic E-state index is 0.197. The number of carbonyl (C=O) groups is 3. The minimum Gasteiger partial charge on any atom is -0.477 e. The Morgan fingerprint density at radius 3 is 1.53 bits per heavy atom. The average Bonchev–Trinajstić information content (AvgIpc) is 0.826. The number of aliphatic hydroxyl groups is 11. The third kappa shape index (κ3) is 30.0. The lowest BCUT2D eigenvalue weighted by molar-refractivity contribution is -0.386. The van der Waals surface area contributed by atoms with E-state index in [9.17, 15) is 75.7 Å². The van der Waals surface area contributed by atoms with Gasteiger partial charge in [-0.25, -0.2) is 4.79 Å². The lowest BCUT2D eigenvalue weighted by Crippen LogP contribution is -2.70. The molecule has 0 aromatic heterocycles. The van der Waals surface area contributed by atoms with E-state index in [1.165, 1.54) is 141 Å². The molecule has 3 fully saturated rings. The fraction of sp³-hybridized carbons (Fsp3) is 0.894. The number of rotatable bonds is 51. The highest BCUT2D eigenvalue weighted by atomic mass is 16.8. The Balaban J connectivity index is 1.56. The molecule has 3 rings (SSSR count). The molecule has 3 aliphatic heterocycles. The van der Waals surface area contributed by atoms with E-state index in [0.717, 1.165) is 58.3 Å². The van der Waals surface area contributed by atoms with Gasteiger partial charge >= 0.3 is 5.97 Å². The van der Waals surface area contributed by atoms with Gasteiger partial charge in [0.25, 0.3) is 5.79 Å². The first-order valence-electron chi connectivity index (χ1n) is 34.2. The number of nitrogens with one attached hydrogen (secondary N) is 2. The largest absolute Gasteiger partial charge is 0.477 e. The Hall–Kier alpha value is -2.79. The van der Waals surface area contributed by atoms with Crippen molar-refractivity contribution >= 4 is 17.8 Å². The van der Waals surface area contributed by atoms with Crippen LogP contribution in [0.25, 0.3) is 0 Å². The fourth-order valence-corrected chi connectivity index (χ4v) is 11.9. The standard InChI is InChI=1S/C66H120N2O21/c1-4-6-8-10-12-14-16-17-18-19-20-21-22-23-24-25-26-27-28-30-32-34-36-38-40-53(76)68-47(48(73)39-37-35-33-31-29-15-13-11-9-7-5-2)45-84-63-58(80)57(79)60(52(44-71)86-63)87-64-59(81)62(56(78)51(43-70)85-64)89-66(65(82)83)41-49(74)54(67-46(3)72)61(88-66)55(77)50(75)42-69/h23-24,37,39,47-52,54-64,69-71,73-75,77-81H,4-22,25-36,38,40-45H2,1-3H3,(H,67,72)(H,68,76)(H,82,83)/b24-23-,39-37+. The lowest BCUT2D eigenvalue weighted by atomic mass is 9.88. The first-order chi connectivity index (χ1) is 42.9. The average molecular weight is 1280 g/mol. The normalized spacial score (nSPS) is 28.9. The van der Waals surface area contributed by atoms with Crippen molar-refractivity contribution in [1.29, 1.82) is 0 Å². The summed E-state index contributed by atoms with van der Waals surface area (Å²) in [5.74, 6) is -6.15. The number of unbranched alkanes of at least 4 members (excludes halogenated alkanes) is 29. The zero-order chi connectivity index (χ0) is 65.4. The maximum Gasteiger partial charge on any atom is 0.364 e. The monoisotopic (exact) mass is 1280 g/mol. The topological polar surface area (TPSA) is 373 Å². The van der Waals surface area contributed by atoms with Gasteiger partial charge in [0, 0.05) is 19.8 Å². The van der Waals surface area contributed by atoms with Crippen LogP contribution in [0.2, 0.25) is 0 Å². The molecule has 23 heteroatoms. The third-order valence-electron chi connectivity index (χ3n) is 17.4. The summed E-state index contributed by atoms with van der Waals surface area (Å²) in [6.45, 7) is 2.11. The van der Waals surface area contributed by atoms with Gasteiger partial charge in [0.2, 0.25) is 11.8 Å². The van der Waals surface area contributed by atoms with E-state index in [0.29, 0.717) is 12.8 Å². The van der Waals surface area contributed by atoms with E-state index in [2.05, 4.69) is 36.6 Å². The van der Waals surface area contributed by atoms with Crippen LogP contribution in [0, 0.1) is 0 Å². The molecule has 0 saturated carbocycles. The van der Waals surface area contributed by atoms with Gasteiger partial charge < -0.3 is 100 Å². The molecule has 18 unspecified atom stereocenters. The van der Waals surface area contributed by atoms with Crippen LogP contribution in [0.4, 0.5) is 0 Å². The second-order valence-corrected chi connectivity index (χ2v) is 25.0. The highest BCUT2D eigenvalue weighted by Crippen LogP contribution is 2.39. The van der Waals surface area contributed by atoms with E-state index in [1.54, 1.807) is 6.08 Å². The molecule has 3 saturated heterocycles. The Kier molecular flexibility index (Phi) is 42.6. The number of carboxylic acid groups (broad SMARTS) is 1. The fourth-order valence-electron chi connectivity index (χ4n) is 11.9. The van der Waals surface area contributed by atoms with Crippen molar-refractivity contribution in [3.05, 3.63) is 24.3 Å². The van der Waals surface area contributed by atoms with Crippen LogP contribution < -0.4 is 10.6 Å². The van der Waals surface area contributed by atoms with Crippen LogP contribution in [-0.4, -0.2) is 215 Å². The number of allylic oxidation sites excluding steroid dienone is 3. The van der Waals surface area contributed by atoms with Crippen LogP contribution in [0.5, 0.6) is 0 Å². The van der Waals surface area contributed by atoms with E-state index in [-0.39, 0.29) is 12.3 Å². The summed E-state index contributed by atoms with van der Waals surface area (Å²) in [5, 5.41) is 136. The molecule has 18 atom stereocenters. The summed E-state index contributed by atoms with van der Waals surface area (Å²) < 4.78 is 34.7. The maximum atomic E-state index is 13.4. The number of ether oxygens (including phenoxy) is 6. The van der Waals surface area contributed by atoms with Gasteiger partial charge in [-0.1, -0.05) is 199 Å². The molecular formula is C66H120N2O21. The number of carbonyl (C=O) groups excluding carboxylic acids is 2. The molecule has 14 N–H and O–H groups in total. The molecule has 0 bridgehead atoms. The molecule has 0 aromatic carbocycles. The molecule has 0 spiro atoms. The summed E-state index contributed by atoms with van der Waals surface area (Å²) in [6, 6.07) is -2.62. The molecule has 89 heavy (non-hydrogen) atoms. The maximum absolute atomic E-state index is 13.4. The first-order valence-corrected chi connectivity index (χ1v) is 34.2. The molecule has 0 radical (unpaired) electrons. The first kappa shape index (κ1) is 80.4. The van der Waals surface area contributed by atoms with Gasteiger partial charge in [0.05, 0.1) is 50.7 Å². The third-order valence-corrected chi connectivity index (χ3v) is 17.4. The number of aliphatic hydroxyl groups excluding tert-OH is 11. The van der Waals surface area contributed by atoms with Gasteiger partial charge in [0.15, 0.2) is 12.6 Å². The molecule has 0 aliphatic carbocycles. The zero-order valence-corrected chi connectivity index (χ0v) is 54.0. The highest BCUT2D eigenvalue weighted by molar-refractivity contribution is 5.77. The molecule has 2 amide bonds. The van der Waals surface area contributed by atoms with E-state index < -0.39 is 155 Å². The summed E-state index contributed by atoms with van der Waals surface area (Å²) >= 11 is 0.